The van der Waals surface area contributed by atoms with E-state index in [0.29, 0.717) is 6.92 Å². The van der Waals surface area contributed by atoms with Gasteiger partial charge in [0.1, 0.15) is 5.75 Å². The van der Waals surface area contributed by atoms with Gasteiger partial charge < -0.3 is 9.47 Å². The van der Waals surface area contributed by atoms with Crippen LogP contribution in [-0.4, -0.2) is 17.3 Å². The molecule has 0 saturated carbocycles. The highest BCUT2D eigenvalue weighted by molar-refractivity contribution is 6.61. The summed E-state index contributed by atoms with van der Waals surface area (Å²) in [5.74, 6) is -10.9. The Morgan fingerprint density at radius 1 is 0.862 bits per heavy atom. The number of benzene rings is 2. The van der Waals surface area contributed by atoms with E-state index < -0.39 is 62.8 Å². The molecule has 0 amide bonds. The maximum Gasteiger partial charge on any atom is 0.409 e. The zero-order chi connectivity index (χ0) is 22.1. The number of carbonyl (C=O) groups is 2. The van der Waals surface area contributed by atoms with Crippen molar-refractivity contribution in [2.24, 2.45) is 0 Å². The van der Waals surface area contributed by atoms with Crippen LogP contribution in [-0.2, 0) is 5.41 Å². The molecule has 0 bridgehead atoms. The third kappa shape index (κ3) is 4.27. The Bertz CT molecular complexity index is 938. The van der Waals surface area contributed by atoms with Crippen molar-refractivity contribution in [3.63, 3.8) is 0 Å². The van der Waals surface area contributed by atoms with Crippen molar-refractivity contribution >= 4 is 34.1 Å². The average Bonchev–Trinajstić information content (AvgIpc) is 2.63. The number of alkyl halides is 2. The minimum Gasteiger partial charge on any atom is -0.415 e. The molecule has 4 nitrogen and oxygen atoms in total. The van der Waals surface area contributed by atoms with E-state index in [0.717, 1.165) is 24.3 Å². The molecule has 0 aliphatic carbocycles. The first-order chi connectivity index (χ1) is 13.4. The number of rotatable bonds is 5. The zero-order valence-electron chi connectivity index (χ0n) is 14.0. The molecular weight excluding hydrogens is 453 g/mol. The Morgan fingerprint density at radius 2 is 1.31 bits per heavy atom. The van der Waals surface area contributed by atoms with Crippen LogP contribution in [0.4, 0.5) is 35.9 Å². The largest absolute Gasteiger partial charge is 0.415 e. The van der Waals surface area contributed by atoms with Gasteiger partial charge in [-0.25, -0.2) is 27.2 Å². The van der Waals surface area contributed by atoms with E-state index in [2.05, 4.69) is 9.47 Å². The summed E-state index contributed by atoms with van der Waals surface area (Å²) in [5.41, 5.74) is -8.09. The van der Waals surface area contributed by atoms with Crippen LogP contribution in [0.3, 0.4) is 0 Å². The third-order valence-electron chi connectivity index (χ3n) is 4.01. The van der Waals surface area contributed by atoms with E-state index in [1.807, 2.05) is 0 Å². The van der Waals surface area contributed by atoms with E-state index in [-0.39, 0.29) is 5.75 Å². The van der Waals surface area contributed by atoms with Gasteiger partial charge in [-0.2, -0.15) is 8.78 Å². The van der Waals surface area contributed by atoms with Crippen molar-refractivity contribution in [3.05, 3.63) is 58.7 Å². The topological polar surface area (TPSA) is 52.6 Å². The Hall–Kier alpha value is -2.46. The first kappa shape index (κ1) is 22.8. The second-order valence-corrected chi connectivity index (χ2v) is 6.28. The lowest BCUT2D eigenvalue weighted by atomic mass is 9.75. The van der Waals surface area contributed by atoms with Gasteiger partial charge in [0.25, 0.3) is 6.43 Å². The van der Waals surface area contributed by atoms with E-state index in [4.69, 9.17) is 23.2 Å². The van der Waals surface area contributed by atoms with Gasteiger partial charge in [0.15, 0.2) is 11.6 Å². The van der Waals surface area contributed by atoms with E-state index in [1.165, 1.54) is 0 Å². The van der Waals surface area contributed by atoms with Crippen LogP contribution in [0.1, 0.15) is 18.1 Å². The van der Waals surface area contributed by atoms with Crippen LogP contribution in [0.5, 0.6) is 11.5 Å². The van der Waals surface area contributed by atoms with E-state index in [9.17, 15) is 35.9 Å². The van der Waals surface area contributed by atoms with E-state index in [1.54, 1.807) is 0 Å². The molecule has 29 heavy (non-hydrogen) atoms. The van der Waals surface area contributed by atoms with Crippen LogP contribution < -0.4 is 9.47 Å². The number of ether oxygens (including phenoxy) is 2. The quantitative estimate of drug-likeness (QED) is 0.299. The summed E-state index contributed by atoms with van der Waals surface area (Å²) < 4.78 is 93.5. The second-order valence-electron chi connectivity index (χ2n) is 5.67. The molecule has 0 aliphatic rings. The fraction of sp³-hybridized carbons (Fsp3) is 0.176. The summed E-state index contributed by atoms with van der Waals surface area (Å²) >= 11 is 9.79. The van der Waals surface area contributed by atoms with Crippen molar-refractivity contribution in [2.45, 2.75) is 18.8 Å². The van der Waals surface area contributed by atoms with Crippen molar-refractivity contribution in [1.82, 2.24) is 0 Å². The number of carbonyl (C=O) groups excluding carboxylic acids is 2. The highest BCUT2D eigenvalue weighted by Gasteiger charge is 2.46. The van der Waals surface area contributed by atoms with E-state index >= 15 is 0 Å². The lowest BCUT2D eigenvalue weighted by Crippen LogP contribution is -2.35. The predicted octanol–water partition coefficient (Wildman–Crippen LogP) is 6.29. The van der Waals surface area contributed by atoms with Gasteiger partial charge in [-0.15, -0.1) is 0 Å². The van der Waals surface area contributed by atoms with Gasteiger partial charge in [-0.05, 0) is 24.6 Å². The summed E-state index contributed by atoms with van der Waals surface area (Å²) in [6.07, 6.45) is -3.56. The fourth-order valence-corrected chi connectivity index (χ4v) is 2.74. The molecule has 12 heteroatoms. The molecule has 0 saturated heterocycles. The minimum absolute atomic E-state index is 0.187. The Morgan fingerprint density at radius 3 is 1.69 bits per heavy atom. The number of hydrogen-bond acceptors (Lipinski definition) is 4. The third-order valence-corrected chi connectivity index (χ3v) is 4.17. The zero-order valence-corrected chi connectivity index (χ0v) is 15.6. The maximum atomic E-state index is 14.5. The van der Waals surface area contributed by atoms with Crippen LogP contribution in [0.25, 0.3) is 0 Å². The number of hydrogen-bond donors (Lipinski definition) is 0. The minimum atomic E-state index is -3.56. The van der Waals surface area contributed by atoms with Gasteiger partial charge in [-0.1, -0.05) is 12.1 Å². The lowest BCUT2D eigenvalue weighted by molar-refractivity contribution is 0.0755. The molecule has 0 heterocycles. The average molecular weight is 461 g/mol. The molecule has 1 atom stereocenters. The highest BCUT2D eigenvalue weighted by atomic mass is 35.5. The van der Waals surface area contributed by atoms with Crippen molar-refractivity contribution in [3.8, 4) is 11.5 Å². The standard InChI is InChI=1S/C17H8Cl2F6O4/c1-17(14(24)25,6-2-4-7(5-3-6)28-15(18)26)8-9(20)11(22)13(29-16(19)27)12(23)10(8)21/h2-5,14H,1H3. The van der Waals surface area contributed by atoms with Gasteiger partial charge in [-0.3, -0.25) is 0 Å². The van der Waals surface area contributed by atoms with Crippen LogP contribution in [0, 0.1) is 23.3 Å². The summed E-state index contributed by atoms with van der Waals surface area (Å²) in [6, 6.07) is 3.73. The predicted molar refractivity (Wildman–Crippen MR) is 88.9 cm³/mol. The summed E-state index contributed by atoms with van der Waals surface area (Å²) in [5, 5.41) is 0. The summed E-state index contributed by atoms with van der Waals surface area (Å²) in [7, 11) is 0. The SMILES string of the molecule is CC(c1ccc(OC(=O)Cl)cc1)(c1c(F)c(F)c(OC(=O)Cl)c(F)c1F)C(F)F. The normalized spacial score (nSPS) is 13.2. The molecule has 0 aliphatic heterocycles. The fourth-order valence-electron chi connectivity index (χ4n) is 2.58. The lowest BCUT2D eigenvalue weighted by Gasteiger charge is -2.31. The Kier molecular flexibility index (Phi) is 6.69. The van der Waals surface area contributed by atoms with Crippen LogP contribution in [0.15, 0.2) is 24.3 Å². The molecule has 0 aromatic heterocycles. The molecule has 156 valence electrons. The van der Waals surface area contributed by atoms with Gasteiger partial charge in [0, 0.05) is 28.8 Å². The molecule has 2 aromatic carbocycles. The highest BCUT2D eigenvalue weighted by Crippen LogP contribution is 2.44. The Labute approximate surface area is 168 Å². The number of halogens is 8. The van der Waals surface area contributed by atoms with Crippen molar-refractivity contribution in [2.75, 3.05) is 0 Å². The molecule has 0 radical (unpaired) electrons. The summed E-state index contributed by atoms with van der Waals surface area (Å²) in [6.45, 7) is 0.633. The maximum absolute atomic E-state index is 14.5. The van der Waals surface area contributed by atoms with Crippen molar-refractivity contribution < 1.29 is 45.4 Å². The molecular formula is C17H8Cl2F6O4. The summed E-state index contributed by atoms with van der Waals surface area (Å²) in [4.78, 5) is 21.4. The van der Waals surface area contributed by atoms with Gasteiger partial charge >= 0.3 is 10.9 Å². The van der Waals surface area contributed by atoms with Crippen LogP contribution >= 0.6 is 23.2 Å². The monoisotopic (exact) mass is 460 g/mol. The van der Waals surface area contributed by atoms with Crippen molar-refractivity contribution in [1.29, 1.82) is 0 Å². The van der Waals surface area contributed by atoms with Gasteiger partial charge in [0.05, 0.1) is 5.41 Å². The first-order valence-corrected chi connectivity index (χ1v) is 8.16. The molecule has 1 unspecified atom stereocenters. The molecule has 2 aromatic rings. The molecule has 2 rings (SSSR count). The molecule has 0 fully saturated rings. The second kappa shape index (κ2) is 8.50. The first-order valence-electron chi connectivity index (χ1n) is 7.41. The molecule has 0 spiro atoms. The Balaban J connectivity index is 2.72. The van der Waals surface area contributed by atoms with Gasteiger partial charge in [0.2, 0.25) is 17.4 Å². The smallest absolute Gasteiger partial charge is 0.409 e. The van der Waals surface area contributed by atoms with Crippen LogP contribution in [0.2, 0.25) is 0 Å². The molecule has 0 N–H and O–H groups in total.